The highest BCUT2D eigenvalue weighted by Crippen LogP contribution is 2.97. The molecule has 5 rings (SSSR count). The Kier molecular flexibility index (Phi) is 3.29. The van der Waals surface area contributed by atoms with Gasteiger partial charge in [0.15, 0.2) is 0 Å². The number of hydrogen-bond donors (Lipinski definition) is 0. The fraction of sp³-hybridized carbons (Fsp3) is 0.810. The number of fused-ring (bicyclic) bond motifs is 1. The first-order chi connectivity index (χ1) is 11.8. The van der Waals surface area contributed by atoms with Crippen molar-refractivity contribution < 1.29 is 19.1 Å². The van der Waals surface area contributed by atoms with E-state index in [1.807, 2.05) is 6.08 Å². The molecule has 5 fully saturated rings. The fourth-order valence-electron chi connectivity index (χ4n) is 7.48. The minimum absolute atomic E-state index is 0.203. The van der Waals surface area contributed by atoms with Crippen LogP contribution >= 0.6 is 0 Å². The highest BCUT2D eigenvalue weighted by atomic mass is 16.5. The number of methoxy groups -OCH3 is 1. The average molecular weight is 346 g/mol. The number of hydrogen-bond acceptors (Lipinski definition) is 4. The first kappa shape index (κ1) is 17.3. The lowest BCUT2D eigenvalue weighted by atomic mass is 9.45. The van der Waals surface area contributed by atoms with Gasteiger partial charge < -0.3 is 9.47 Å². The van der Waals surface area contributed by atoms with E-state index in [-0.39, 0.29) is 28.5 Å². The third kappa shape index (κ3) is 1.41. The van der Waals surface area contributed by atoms with Crippen molar-refractivity contribution in [3.05, 3.63) is 12.7 Å². The predicted molar refractivity (Wildman–Crippen MR) is 93.8 cm³/mol. The maximum Gasteiger partial charge on any atom is 0.316 e. The number of carbonyl (C=O) groups is 2. The summed E-state index contributed by atoms with van der Waals surface area (Å²) in [6.45, 7) is 11.0. The fourth-order valence-corrected chi connectivity index (χ4v) is 7.48. The van der Waals surface area contributed by atoms with E-state index in [1.54, 1.807) is 0 Å². The molecule has 4 heteroatoms. The second kappa shape index (κ2) is 4.76. The smallest absolute Gasteiger partial charge is 0.316 e. The molecule has 25 heavy (non-hydrogen) atoms. The second-order valence-electron chi connectivity index (χ2n) is 9.23. The normalized spacial score (nSPS) is 43.8. The van der Waals surface area contributed by atoms with E-state index in [0.29, 0.717) is 13.0 Å². The summed E-state index contributed by atoms with van der Waals surface area (Å²) >= 11 is 0. The van der Waals surface area contributed by atoms with E-state index in [9.17, 15) is 9.59 Å². The summed E-state index contributed by atoms with van der Waals surface area (Å²) < 4.78 is 11.7. The Morgan fingerprint density at radius 1 is 1.36 bits per heavy atom. The molecule has 0 saturated heterocycles. The lowest BCUT2D eigenvalue weighted by molar-refractivity contribution is -0.194. The summed E-state index contributed by atoms with van der Waals surface area (Å²) in [6, 6.07) is 0. The van der Waals surface area contributed by atoms with Crippen LogP contribution in [0, 0.1) is 27.6 Å². The van der Waals surface area contributed by atoms with Gasteiger partial charge in [-0.1, -0.05) is 33.3 Å². The number of rotatable bonds is 7. The van der Waals surface area contributed by atoms with Gasteiger partial charge in [-0.3, -0.25) is 9.59 Å². The van der Waals surface area contributed by atoms with Crippen LogP contribution in [0.15, 0.2) is 12.7 Å². The van der Waals surface area contributed by atoms with Crippen LogP contribution in [0.4, 0.5) is 0 Å². The Balaban J connectivity index is 1.88. The van der Waals surface area contributed by atoms with Crippen LogP contribution in [0.3, 0.4) is 0 Å². The zero-order valence-corrected chi connectivity index (χ0v) is 15.9. The van der Waals surface area contributed by atoms with Crippen LogP contribution in [0.25, 0.3) is 0 Å². The predicted octanol–water partition coefficient (Wildman–Crippen LogP) is 3.69. The Hall–Kier alpha value is -1.16. The van der Waals surface area contributed by atoms with E-state index < -0.39 is 16.4 Å². The molecular weight excluding hydrogens is 316 g/mol. The summed E-state index contributed by atoms with van der Waals surface area (Å²) in [5, 5.41) is 0. The molecule has 4 bridgehead atoms. The molecule has 0 N–H and O–H groups in total. The van der Waals surface area contributed by atoms with Gasteiger partial charge in [-0.05, 0) is 37.5 Å². The molecule has 0 aromatic rings. The number of esters is 1. The Labute approximate surface area is 150 Å². The lowest BCUT2D eigenvalue weighted by Crippen LogP contribution is -2.62. The number of carbonyl (C=O) groups excluding carboxylic acids is 2. The maximum absolute atomic E-state index is 13.7. The molecule has 138 valence electrons. The molecule has 4 nitrogen and oxygen atoms in total. The van der Waals surface area contributed by atoms with E-state index in [4.69, 9.17) is 9.47 Å². The van der Waals surface area contributed by atoms with E-state index in [0.717, 1.165) is 32.1 Å². The van der Waals surface area contributed by atoms with E-state index in [1.165, 1.54) is 7.11 Å². The van der Waals surface area contributed by atoms with Gasteiger partial charge in [-0.25, -0.2) is 0 Å². The van der Waals surface area contributed by atoms with Crippen molar-refractivity contribution in [1.29, 1.82) is 0 Å². The third-order valence-electron chi connectivity index (χ3n) is 8.16. The highest BCUT2D eigenvalue weighted by Gasteiger charge is 3.05. The largest absolute Gasteiger partial charge is 0.468 e. The SMILES string of the molecule is C=CC[C@@]12C(=O)[C@H]3[C@@](OCCCC)(CC1(C)C)[C@@]3(C(=O)OC)C21CC1. The third-order valence-corrected chi connectivity index (χ3v) is 8.16. The Bertz CT molecular complexity index is 661. The van der Waals surface area contributed by atoms with Crippen molar-refractivity contribution in [1.82, 2.24) is 0 Å². The summed E-state index contributed by atoms with van der Waals surface area (Å²) in [4.78, 5) is 26.8. The van der Waals surface area contributed by atoms with Crippen LogP contribution in [-0.4, -0.2) is 31.1 Å². The van der Waals surface area contributed by atoms with Gasteiger partial charge in [0.2, 0.25) is 0 Å². The summed E-state index contributed by atoms with van der Waals surface area (Å²) in [7, 11) is 1.45. The van der Waals surface area contributed by atoms with Crippen LogP contribution in [0.1, 0.15) is 59.3 Å². The molecular formula is C21H30O4. The summed E-state index contributed by atoms with van der Waals surface area (Å²) in [5.74, 6) is -0.302. The quantitative estimate of drug-likeness (QED) is 0.401. The van der Waals surface area contributed by atoms with Gasteiger partial charge >= 0.3 is 5.97 Å². The zero-order valence-electron chi connectivity index (χ0n) is 15.9. The van der Waals surface area contributed by atoms with Crippen molar-refractivity contribution in [2.24, 2.45) is 27.6 Å². The summed E-state index contributed by atoms with van der Waals surface area (Å²) in [6.07, 6.45) is 7.10. The molecule has 4 atom stereocenters. The summed E-state index contributed by atoms with van der Waals surface area (Å²) in [5.41, 5.74) is -2.38. The van der Waals surface area contributed by atoms with Gasteiger partial charge in [0.05, 0.1) is 18.6 Å². The molecule has 0 unspecified atom stereocenters. The topological polar surface area (TPSA) is 52.6 Å². The molecule has 0 aromatic heterocycles. The van der Waals surface area contributed by atoms with Gasteiger partial charge in [0.25, 0.3) is 0 Å². The Morgan fingerprint density at radius 3 is 2.56 bits per heavy atom. The number of unbranched alkanes of at least 4 members (excludes halogenated alkanes) is 1. The van der Waals surface area contributed by atoms with Crippen molar-refractivity contribution >= 4 is 11.8 Å². The molecule has 0 radical (unpaired) electrons. The maximum atomic E-state index is 13.7. The zero-order chi connectivity index (χ0) is 18.3. The van der Waals surface area contributed by atoms with Crippen LogP contribution in [0.5, 0.6) is 0 Å². The molecule has 5 saturated carbocycles. The Morgan fingerprint density at radius 2 is 2.04 bits per heavy atom. The minimum atomic E-state index is -0.752. The standard InChI is InChI=1S/C21H30O4/c1-6-8-12-25-20-13-17(3,4)19(9-7-2)15(22)14(20)21(20,16(23)24-5)18(19)10-11-18/h7,14H,2,6,8-13H2,1,3-5H3/t14-,19+,20-,21-/m0/s1. The molecule has 5 aliphatic carbocycles. The number of ketones is 1. The van der Waals surface area contributed by atoms with Gasteiger partial charge in [-0.2, -0.15) is 0 Å². The lowest BCUT2D eigenvalue weighted by Gasteiger charge is -2.58. The number of allylic oxidation sites excluding steroid dienone is 1. The van der Waals surface area contributed by atoms with Crippen LogP contribution in [0.2, 0.25) is 0 Å². The van der Waals surface area contributed by atoms with Crippen molar-refractivity contribution in [2.45, 2.75) is 64.9 Å². The second-order valence-corrected chi connectivity index (χ2v) is 9.23. The number of Topliss-reactive ketones (excluding diaryl/α,β-unsaturated/α-hetero) is 1. The van der Waals surface area contributed by atoms with Gasteiger partial charge in [-0.15, -0.1) is 6.58 Å². The molecule has 1 spiro atoms. The molecule has 5 aliphatic rings. The van der Waals surface area contributed by atoms with Gasteiger partial charge in [0.1, 0.15) is 11.2 Å². The first-order valence-electron chi connectivity index (χ1n) is 9.67. The highest BCUT2D eigenvalue weighted by molar-refractivity contribution is 6.09. The molecule has 0 aromatic carbocycles. The average Bonchev–Trinajstić information content (AvgIpc) is 3.42. The molecule has 0 aliphatic heterocycles. The number of ether oxygens (including phenoxy) is 2. The van der Waals surface area contributed by atoms with E-state index in [2.05, 4.69) is 27.4 Å². The van der Waals surface area contributed by atoms with Crippen LogP contribution < -0.4 is 0 Å². The van der Waals surface area contributed by atoms with Gasteiger partial charge in [0, 0.05) is 17.4 Å². The van der Waals surface area contributed by atoms with Crippen molar-refractivity contribution in [3.63, 3.8) is 0 Å². The van der Waals surface area contributed by atoms with Crippen molar-refractivity contribution in [3.8, 4) is 0 Å². The van der Waals surface area contributed by atoms with Crippen LogP contribution in [-0.2, 0) is 19.1 Å². The minimum Gasteiger partial charge on any atom is -0.468 e. The monoisotopic (exact) mass is 346 g/mol. The van der Waals surface area contributed by atoms with E-state index >= 15 is 0 Å². The van der Waals surface area contributed by atoms with Crippen molar-refractivity contribution in [2.75, 3.05) is 13.7 Å². The molecule has 0 heterocycles. The first-order valence-corrected chi connectivity index (χ1v) is 9.67. The molecule has 0 amide bonds.